The second-order valence-corrected chi connectivity index (χ2v) is 4.22. The molecule has 0 aliphatic rings. The van der Waals surface area contributed by atoms with Gasteiger partial charge in [0.2, 0.25) is 0 Å². The lowest BCUT2D eigenvalue weighted by Crippen LogP contribution is -2.11. The summed E-state index contributed by atoms with van der Waals surface area (Å²) in [5, 5.41) is 9.71. The summed E-state index contributed by atoms with van der Waals surface area (Å²) in [6.07, 6.45) is -3.20. The third kappa shape index (κ3) is 3.70. The predicted octanol–water partition coefficient (Wildman–Crippen LogP) is 4.46. The fourth-order valence-electron chi connectivity index (χ4n) is 1.77. The van der Waals surface area contributed by atoms with Gasteiger partial charge in [0.1, 0.15) is 5.82 Å². The summed E-state index contributed by atoms with van der Waals surface area (Å²) in [5.41, 5.74) is -1.60. The van der Waals surface area contributed by atoms with E-state index < -0.39 is 23.7 Å². The summed E-state index contributed by atoms with van der Waals surface area (Å²) < 4.78 is 51.1. The van der Waals surface area contributed by atoms with Crippen LogP contribution in [0.4, 0.5) is 17.6 Å². The molecule has 0 spiro atoms. The lowest BCUT2D eigenvalue weighted by molar-refractivity contribution is -0.140. The van der Waals surface area contributed by atoms with Gasteiger partial charge in [-0.3, -0.25) is 0 Å². The molecule has 0 saturated carbocycles. The van der Waals surface area contributed by atoms with E-state index in [1.807, 2.05) is 6.92 Å². The van der Waals surface area contributed by atoms with Gasteiger partial charge in [0, 0.05) is 5.56 Å². The van der Waals surface area contributed by atoms with Crippen LogP contribution in [-0.4, -0.2) is 5.11 Å². The Morgan fingerprint density at radius 3 is 2.44 bits per heavy atom. The van der Waals surface area contributed by atoms with Crippen molar-refractivity contribution in [3.63, 3.8) is 0 Å². The summed E-state index contributed by atoms with van der Waals surface area (Å²) in [6.45, 7) is 1.97. The van der Waals surface area contributed by atoms with Crippen LogP contribution in [0.2, 0.25) is 0 Å². The number of alkyl halides is 3. The highest BCUT2D eigenvalue weighted by atomic mass is 19.4. The number of aliphatic hydroxyl groups excluding tert-OH is 1. The fourth-order valence-corrected chi connectivity index (χ4v) is 1.77. The highest BCUT2D eigenvalue weighted by Crippen LogP contribution is 2.34. The van der Waals surface area contributed by atoms with Crippen LogP contribution in [0.15, 0.2) is 18.2 Å². The molecule has 0 heterocycles. The van der Waals surface area contributed by atoms with Crippen LogP contribution in [0.1, 0.15) is 49.8 Å². The molecular formula is C13H16F4O. The number of hydrogen-bond acceptors (Lipinski definition) is 1. The number of aliphatic hydroxyl groups is 1. The van der Waals surface area contributed by atoms with Gasteiger partial charge in [-0.2, -0.15) is 13.2 Å². The largest absolute Gasteiger partial charge is 0.419 e. The van der Waals surface area contributed by atoms with E-state index in [0.717, 1.165) is 18.9 Å². The van der Waals surface area contributed by atoms with Crippen LogP contribution in [0.3, 0.4) is 0 Å². The van der Waals surface area contributed by atoms with Crippen molar-refractivity contribution in [1.82, 2.24) is 0 Å². The monoisotopic (exact) mass is 264 g/mol. The van der Waals surface area contributed by atoms with Gasteiger partial charge in [-0.25, -0.2) is 4.39 Å². The Bertz CT molecular complexity index is 387. The van der Waals surface area contributed by atoms with Gasteiger partial charge in [0.05, 0.1) is 11.7 Å². The smallest absolute Gasteiger partial charge is 0.388 e. The molecule has 1 atom stereocenters. The van der Waals surface area contributed by atoms with E-state index in [-0.39, 0.29) is 12.0 Å². The highest BCUT2D eigenvalue weighted by Gasteiger charge is 2.35. The Labute approximate surface area is 103 Å². The molecule has 5 heteroatoms. The van der Waals surface area contributed by atoms with Crippen LogP contribution < -0.4 is 0 Å². The maximum Gasteiger partial charge on any atom is 0.419 e. The summed E-state index contributed by atoms with van der Waals surface area (Å²) in [5.74, 6) is -1.37. The van der Waals surface area contributed by atoms with E-state index in [9.17, 15) is 22.7 Å². The van der Waals surface area contributed by atoms with Crippen molar-refractivity contribution in [2.75, 3.05) is 0 Å². The summed E-state index contributed by atoms with van der Waals surface area (Å²) >= 11 is 0. The third-order valence-corrected chi connectivity index (χ3v) is 2.77. The molecule has 1 unspecified atom stereocenters. The van der Waals surface area contributed by atoms with E-state index in [0.29, 0.717) is 12.5 Å². The normalized spacial score (nSPS) is 13.7. The first-order valence-corrected chi connectivity index (χ1v) is 5.91. The van der Waals surface area contributed by atoms with Crippen LogP contribution in [0.5, 0.6) is 0 Å². The molecule has 1 nitrogen and oxygen atoms in total. The zero-order chi connectivity index (χ0) is 13.8. The third-order valence-electron chi connectivity index (χ3n) is 2.77. The van der Waals surface area contributed by atoms with Gasteiger partial charge in [0.15, 0.2) is 0 Å². The summed E-state index contributed by atoms with van der Waals surface area (Å²) in [4.78, 5) is 0. The van der Waals surface area contributed by atoms with E-state index in [4.69, 9.17) is 0 Å². The van der Waals surface area contributed by atoms with Crippen molar-refractivity contribution < 1.29 is 22.7 Å². The number of rotatable bonds is 5. The molecule has 0 radical (unpaired) electrons. The van der Waals surface area contributed by atoms with Crippen molar-refractivity contribution in [3.8, 4) is 0 Å². The number of hydrogen-bond donors (Lipinski definition) is 1. The Balaban J connectivity index is 2.90. The lowest BCUT2D eigenvalue weighted by atomic mass is 10.00. The van der Waals surface area contributed by atoms with Gasteiger partial charge in [-0.15, -0.1) is 0 Å². The topological polar surface area (TPSA) is 20.2 Å². The van der Waals surface area contributed by atoms with Crippen LogP contribution in [0, 0.1) is 5.82 Å². The van der Waals surface area contributed by atoms with Gasteiger partial charge >= 0.3 is 6.18 Å². The highest BCUT2D eigenvalue weighted by molar-refractivity contribution is 5.29. The molecule has 0 saturated heterocycles. The van der Waals surface area contributed by atoms with Gasteiger partial charge in [-0.05, 0) is 12.5 Å². The van der Waals surface area contributed by atoms with E-state index in [2.05, 4.69) is 0 Å². The molecule has 0 aliphatic heterocycles. The maximum absolute atomic E-state index is 13.6. The Kier molecular flexibility index (Phi) is 5.14. The standard InChI is InChI=1S/C13H16F4O/c1-2-3-4-8-11(18)9-6-5-7-10(12(9)14)13(15,16)17/h5-7,11,18H,2-4,8H2,1H3. The quantitative estimate of drug-likeness (QED) is 0.615. The molecule has 1 aromatic rings. The first-order chi connectivity index (χ1) is 8.38. The van der Waals surface area contributed by atoms with Crippen LogP contribution in [-0.2, 0) is 6.18 Å². The first-order valence-electron chi connectivity index (χ1n) is 5.91. The minimum atomic E-state index is -4.73. The number of benzene rings is 1. The molecule has 0 amide bonds. The van der Waals surface area contributed by atoms with Gasteiger partial charge in [-0.1, -0.05) is 38.3 Å². The second-order valence-electron chi connectivity index (χ2n) is 4.22. The minimum absolute atomic E-state index is 0.270. The Morgan fingerprint density at radius 1 is 1.22 bits per heavy atom. The molecule has 0 fully saturated rings. The fraction of sp³-hybridized carbons (Fsp3) is 0.538. The van der Waals surface area contributed by atoms with Crippen molar-refractivity contribution in [3.05, 3.63) is 35.1 Å². The SMILES string of the molecule is CCCCCC(O)c1cccc(C(F)(F)F)c1F. The molecular weight excluding hydrogens is 248 g/mol. The van der Waals surface area contributed by atoms with Crippen LogP contribution in [0.25, 0.3) is 0 Å². The number of unbranched alkanes of at least 4 members (excludes halogenated alkanes) is 2. The zero-order valence-electron chi connectivity index (χ0n) is 10.1. The summed E-state index contributed by atoms with van der Waals surface area (Å²) in [6, 6.07) is 2.99. The van der Waals surface area contributed by atoms with Gasteiger partial charge < -0.3 is 5.11 Å². The molecule has 1 N–H and O–H groups in total. The van der Waals surface area contributed by atoms with Crippen molar-refractivity contribution >= 4 is 0 Å². The van der Waals surface area contributed by atoms with Gasteiger partial charge in [0.25, 0.3) is 0 Å². The number of halogens is 4. The average Bonchev–Trinajstić information content (AvgIpc) is 2.28. The van der Waals surface area contributed by atoms with Crippen molar-refractivity contribution in [1.29, 1.82) is 0 Å². The van der Waals surface area contributed by atoms with E-state index in [1.165, 1.54) is 6.07 Å². The second kappa shape index (κ2) is 6.18. The Hall–Kier alpha value is -1.10. The van der Waals surface area contributed by atoms with E-state index in [1.54, 1.807) is 0 Å². The zero-order valence-corrected chi connectivity index (χ0v) is 10.1. The predicted molar refractivity (Wildman–Crippen MR) is 60.5 cm³/mol. The molecule has 0 bridgehead atoms. The molecule has 102 valence electrons. The van der Waals surface area contributed by atoms with Crippen molar-refractivity contribution in [2.24, 2.45) is 0 Å². The molecule has 0 aromatic heterocycles. The maximum atomic E-state index is 13.6. The lowest BCUT2D eigenvalue weighted by Gasteiger charge is -2.15. The molecule has 0 aliphatic carbocycles. The van der Waals surface area contributed by atoms with E-state index >= 15 is 0 Å². The van der Waals surface area contributed by atoms with Crippen LogP contribution >= 0.6 is 0 Å². The first kappa shape index (κ1) is 15.0. The summed E-state index contributed by atoms with van der Waals surface area (Å²) in [7, 11) is 0. The minimum Gasteiger partial charge on any atom is -0.388 e. The molecule has 1 aromatic carbocycles. The Morgan fingerprint density at radius 2 is 1.89 bits per heavy atom. The average molecular weight is 264 g/mol. The molecule has 18 heavy (non-hydrogen) atoms. The molecule has 1 rings (SSSR count). The van der Waals surface area contributed by atoms with Crippen molar-refractivity contribution in [2.45, 2.75) is 44.9 Å².